The van der Waals surface area contributed by atoms with Gasteiger partial charge in [-0.3, -0.25) is 4.79 Å². The van der Waals surface area contributed by atoms with Gasteiger partial charge in [0.2, 0.25) is 5.43 Å². The fraction of sp³-hybridized carbons (Fsp3) is 0.0909. The summed E-state index contributed by atoms with van der Waals surface area (Å²) in [5.41, 5.74) is -1.43. The topological polar surface area (TPSA) is 68.5 Å². The Morgan fingerprint density at radius 3 is 2.76 bits per heavy atom. The second kappa shape index (κ2) is 3.89. The molecule has 2 aromatic rings. The van der Waals surface area contributed by atoms with E-state index in [-0.39, 0.29) is 21.4 Å². The summed E-state index contributed by atoms with van der Waals surface area (Å²) in [7, 11) is 1.34. The number of methoxy groups -OCH3 is 1. The van der Waals surface area contributed by atoms with Gasteiger partial charge in [0.25, 0.3) is 0 Å². The fourth-order valence-corrected chi connectivity index (χ4v) is 1.62. The van der Waals surface area contributed by atoms with Gasteiger partial charge >= 0.3 is 5.97 Å². The largest absolute Gasteiger partial charge is 0.494 e. The number of aromatic carboxylic acids is 1. The first-order valence-electron chi connectivity index (χ1n) is 4.68. The summed E-state index contributed by atoms with van der Waals surface area (Å²) < 4.78 is 18.6. The standard InChI is InChI=1S/C11H8FNO4/c1-17-8-4-2-3-6-9(8)13(12)5-7(10(6)14)11(15)16/h2-5H,1H3,(H,15,16). The Hall–Kier alpha value is -2.37. The van der Waals surface area contributed by atoms with Crippen molar-refractivity contribution in [3.8, 4) is 5.75 Å². The van der Waals surface area contributed by atoms with Gasteiger partial charge in [-0.2, -0.15) is 4.79 Å². The zero-order valence-electron chi connectivity index (χ0n) is 8.81. The smallest absolute Gasteiger partial charge is 0.341 e. The van der Waals surface area contributed by atoms with E-state index in [9.17, 15) is 14.1 Å². The molecule has 0 aliphatic heterocycles. The fourth-order valence-electron chi connectivity index (χ4n) is 1.62. The molecule has 0 radical (unpaired) electrons. The minimum atomic E-state index is -1.47. The molecule has 0 spiro atoms. The minimum Gasteiger partial charge on any atom is -0.494 e. The number of aromatic nitrogens is 1. The van der Waals surface area contributed by atoms with Crippen molar-refractivity contribution in [1.82, 2.24) is 4.79 Å². The number of pyridine rings is 1. The summed E-state index contributed by atoms with van der Waals surface area (Å²) >= 11 is 0. The van der Waals surface area contributed by atoms with Gasteiger partial charge in [-0.15, -0.1) is 0 Å². The number of ether oxygens (including phenoxy) is 1. The van der Waals surface area contributed by atoms with Gasteiger partial charge < -0.3 is 9.84 Å². The van der Waals surface area contributed by atoms with Gasteiger partial charge in [-0.25, -0.2) is 4.79 Å². The average molecular weight is 237 g/mol. The Balaban J connectivity index is 2.97. The summed E-state index contributed by atoms with van der Waals surface area (Å²) in [4.78, 5) is 22.6. The van der Waals surface area contributed by atoms with Crippen molar-refractivity contribution in [2.24, 2.45) is 0 Å². The van der Waals surface area contributed by atoms with Crippen LogP contribution in [0.25, 0.3) is 10.9 Å². The first-order chi connectivity index (χ1) is 8.06. The molecule has 0 aliphatic carbocycles. The van der Waals surface area contributed by atoms with E-state index in [4.69, 9.17) is 9.84 Å². The zero-order chi connectivity index (χ0) is 12.6. The van der Waals surface area contributed by atoms with E-state index >= 15 is 0 Å². The highest BCUT2D eigenvalue weighted by molar-refractivity contribution is 5.94. The number of hydrogen-bond acceptors (Lipinski definition) is 3. The van der Waals surface area contributed by atoms with E-state index in [1.165, 1.54) is 25.3 Å². The predicted octanol–water partition coefficient (Wildman–Crippen LogP) is 1.44. The van der Waals surface area contributed by atoms with Crippen molar-refractivity contribution in [2.45, 2.75) is 0 Å². The predicted molar refractivity (Wildman–Crippen MR) is 58.2 cm³/mol. The maximum atomic E-state index is 13.7. The number of nitrogens with zero attached hydrogens (tertiary/aromatic N) is 1. The van der Waals surface area contributed by atoms with Crippen LogP contribution in [0.15, 0.2) is 29.2 Å². The second-order valence-electron chi connectivity index (χ2n) is 3.34. The molecule has 1 heterocycles. The van der Waals surface area contributed by atoms with Crippen LogP contribution in [0.5, 0.6) is 5.75 Å². The number of benzene rings is 1. The lowest BCUT2D eigenvalue weighted by Gasteiger charge is -2.07. The van der Waals surface area contributed by atoms with Gasteiger partial charge in [0.1, 0.15) is 16.8 Å². The molecule has 0 aliphatic rings. The zero-order valence-corrected chi connectivity index (χ0v) is 8.81. The van der Waals surface area contributed by atoms with Gasteiger partial charge in [0.05, 0.1) is 18.7 Å². The highest BCUT2D eigenvalue weighted by atomic mass is 19.2. The third kappa shape index (κ3) is 1.63. The number of carboxylic acid groups (broad SMARTS) is 1. The van der Waals surface area contributed by atoms with Crippen LogP contribution in [0, 0.1) is 0 Å². The van der Waals surface area contributed by atoms with Gasteiger partial charge in [-0.1, -0.05) is 10.5 Å². The number of carbonyl (C=O) groups is 1. The summed E-state index contributed by atoms with van der Waals surface area (Å²) in [5.74, 6) is -1.30. The van der Waals surface area contributed by atoms with E-state index in [1.54, 1.807) is 0 Å². The average Bonchev–Trinajstić information content (AvgIpc) is 2.32. The number of para-hydroxylation sites is 1. The molecule has 5 nitrogen and oxygen atoms in total. The Labute approximate surface area is 94.6 Å². The molecule has 0 amide bonds. The van der Waals surface area contributed by atoms with Crippen molar-refractivity contribution in [1.29, 1.82) is 0 Å². The SMILES string of the molecule is COc1cccc2c(=O)c(C(=O)O)cn(F)c12. The quantitative estimate of drug-likeness (QED) is 0.858. The first-order valence-corrected chi connectivity index (χ1v) is 4.68. The van der Waals surface area contributed by atoms with Crippen molar-refractivity contribution >= 4 is 16.9 Å². The van der Waals surface area contributed by atoms with E-state index in [0.29, 0.717) is 6.20 Å². The third-order valence-corrected chi connectivity index (χ3v) is 2.39. The Morgan fingerprint density at radius 2 is 2.18 bits per heavy atom. The highest BCUT2D eigenvalue weighted by Crippen LogP contribution is 2.23. The van der Waals surface area contributed by atoms with E-state index in [1.807, 2.05) is 0 Å². The molecular weight excluding hydrogens is 229 g/mol. The van der Waals surface area contributed by atoms with Gasteiger partial charge in [0, 0.05) is 0 Å². The van der Waals surface area contributed by atoms with Gasteiger partial charge in [0.15, 0.2) is 0 Å². The van der Waals surface area contributed by atoms with Crippen molar-refractivity contribution in [3.63, 3.8) is 0 Å². The lowest BCUT2D eigenvalue weighted by Crippen LogP contribution is -2.17. The van der Waals surface area contributed by atoms with Crippen LogP contribution in [0.3, 0.4) is 0 Å². The monoisotopic (exact) mass is 237 g/mol. The number of carboxylic acids is 1. The summed E-state index contributed by atoms with van der Waals surface area (Å²) in [6.45, 7) is 0. The molecule has 0 atom stereocenters. The molecule has 0 saturated heterocycles. The molecule has 1 N–H and O–H groups in total. The number of halogens is 1. The molecule has 1 aromatic carbocycles. The normalized spacial score (nSPS) is 10.5. The van der Waals surface area contributed by atoms with E-state index < -0.39 is 17.0 Å². The lowest BCUT2D eigenvalue weighted by atomic mass is 10.1. The molecule has 2 rings (SSSR count). The van der Waals surface area contributed by atoms with Crippen LogP contribution in [0.2, 0.25) is 0 Å². The van der Waals surface area contributed by atoms with E-state index in [0.717, 1.165) is 0 Å². The van der Waals surface area contributed by atoms with Crippen molar-refractivity contribution < 1.29 is 19.1 Å². The highest BCUT2D eigenvalue weighted by Gasteiger charge is 2.16. The van der Waals surface area contributed by atoms with Crippen LogP contribution in [-0.2, 0) is 0 Å². The maximum absolute atomic E-state index is 13.7. The van der Waals surface area contributed by atoms with Crippen LogP contribution in [-0.4, -0.2) is 23.0 Å². The molecule has 0 bridgehead atoms. The Bertz CT molecular complexity index is 662. The van der Waals surface area contributed by atoms with Crippen LogP contribution in [0.1, 0.15) is 10.4 Å². The van der Waals surface area contributed by atoms with Crippen molar-refractivity contribution in [2.75, 3.05) is 7.11 Å². The van der Waals surface area contributed by atoms with Crippen LogP contribution >= 0.6 is 0 Å². The molecule has 0 unspecified atom stereocenters. The summed E-state index contributed by atoms with van der Waals surface area (Å²) in [6.07, 6.45) is 0.634. The molecule has 0 saturated carbocycles. The lowest BCUT2D eigenvalue weighted by molar-refractivity contribution is 0.0693. The molecule has 6 heteroatoms. The van der Waals surface area contributed by atoms with Crippen molar-refractivity contribution in [3.05, 3.63) is 40.2 Å². The minimum absolute atomic E-state index is 0.0354. The molecule has 88 valence electrons. The maximum Gasteiger partial charge on any atom is 0.341 e. The van der Waals surface area contributed by atoms with Gasteiger partial charge in [-0.05, 0) is 12.1 Å². The second-order valence-corrected chi connectivity index (χ2v) is 3.34. The Kier molecular flexibility index (Phi) is 2.55. The third-order valence-electron chi connectivity index (χ3n) is 2.39. The number of hydrogen-bond donors (Lipinski definition) is 1. The Morgan fingerprint density at radius 1 is 1.47 bits per heavy atom. The molecule has 0 fully saturated rings. The summed E-state index contributed by atoms with van der Waals surface area (Å²) in [6, 6.07) is 4.33. The first kappa shape index (κ1) is 11.1. The van der Waals surface area contributed by atoms with E-state index in [2.05, 4.69) is 0 Å². The molecule has 1 aromatic heterocycles. The number of rotatable bonds is 2. The van der Waals surface area contributed by atoms with Crippen LogP contribution in [0.4, 0.5) is 4.48 Å². The molecular formula is C11H8FNO4. The molecule has 17 heavy (non-hydrogen) atoms. The summed E-state index contributed by atoms with van der Waals surface area (Å²) in [5, 5.41) is 8.73. The van der Waals surface area contributed by atoms with Crippen LogP contribution < -0.4 is 10.2 Å². The number of fused-ring (bicyclic) bond motifs is 1.